The molecule has 4 aliphatic rings. The Morgan fingerprint density at radius 2 is 1.70 bits per heavy atom. The van der Waals surface area contributed by atoms with Crippen molar-refractivity contribution < 1.29 is 18.8 Å². The van der Waals surface area contributed by atoms with Gasteiger partial charge in [0, 0.05) is 18.2 Å². The van der Waals surface area contributed by atoms with Gasteiger partial charge < -0.3 is 4.90 Å². The molecule has 1 aliphatic heterocycles. The smallest absolute Gasteiger partial charge is 0.243 e. The summed E-state index contributed by atoms with van der Waals surface area (Å²) in [6.07, 6.45) is 6.70. The van der Waals surface area contributed by atoms with Crippen LogP contribution in [-0.4, -0.2) is 40.1 Å². The van der Waals surface area contributed by atoms with Crippen molar-refractivity contribution in [1.29, 1.82) is 0 Å². The van der Waals surface area contributed by atoms with Crippen LogP contribution >= 0.6 is 0 Å². The molecule has 1 aromatic rings. The van der Waals surface area contributed by atoms with Crippen LogP contribution in [0.3, 0.4) is 0 Å². The highest BCUT2D eigenvalue weighted by molar-refractivity contribution is 6.08. The minimum atomic E-state index is -0.346. The Labute approximate surface area is 156 Å². The highest BCUT2D eigenvalue weighted by Gasteiger charge is 2.59. The van der Waals surface area contributed by atoms with Gasteiger partial charge in [0.1, 0.15) is 12.4 Å². The number of rotatable bonds is 5. The lowest BCUT2D eigenvalue weighted by Gasteiger charge is -2.25. The van der Waals surface area contributed by atoms with Gasteiger partial charge in [-0.25, -0.2) is 4.39 Å². The molecule has 3 fully saturated rings. The van der Waals surface area contributed by atoms with Gasteiger partial charge in [-0.3, -0.25) is 19.3 Å². The first-order valence-corrected chi connectivity index (χ1v) is 9.61. The Bertz CT molecular complexity index is 833. The molecule has 2 bridgehead atoms. The number of halogens is 1. The zero-order valence-electron chi connectivity index (χ0n) is 14.9. The number of carbonyl (C=O) groups excluding carboxylic acids is 3. The molecule has 140 valence electrons. The fourth-order valence-electron chi connectivity index (χ4n) is 4.96. The average molecular weight is 368 g/mol. The van der Waals surface area contributed by atoms with Gasteiger partial charge in [-0.2, -0.15) is 0 Å². The number of imide groups is 1. The molecule has 0 aromatic heterocycles. The topological polar surface area (TPSA) is 57.7 Å². The lowest BCUT2D eigenvalue weighted by atomic mass is 9.85. The molecule has 1 aromatic carbocycles. The number of hydrogen-bond acceptors (Lipinski definition) is 3. The Morgan fingerprint density at radius 3 is 2.30 bits per heavy atom. The van der Waals surface area contributed by atoms with Crippen LogP contribution in [0.5, 0.6) is 0 Å². The lowest BCUT2D eigenvalue weighted by molar-refractivity contribution is -0.147. The molecule has 2 saturated carbocycles. The van der Waals surface area contributed by atoms with Crippen molar-refractivity contribution in [1.82, 2.24) is 9.80 Å². The van der Waals surface area contributed by atoms with Crippen LogP contribution < -0.4 is 0 Å². The van der Waals surface area contributed by atoms with Gasteiger partial charge in [-0.05, 0) is 37.2 Å². The Balaban J connectivity index is 1.33. The summed E-state index contributed by atoms with van der Waals surface area (Å²) in [7, 11) is 0. The van der Waals surface area contributed by atoms with E-state index in [0.717, 1.165) is 24.2 Å². The highest BCUT2D eigenvalue weighted by Crippen LogP contribution is 2.52. The summed E-state index contributed by atoms with van der Waals surface area (Å²) < 4.78 is 14.0. The number of carbonyl (C=O) groups is 3. The van der Waals surface area contributed by atoms with Gasteiger partial charge in [0.15, 0.2) is 0 Å². The number of benzene rings is 1. The van der Waals surface area contributed by atoms with E-state index < -0.39 is 0 Å². The zero-order valence-corrected chi connectivity index (χ0v) is 14.9. The fourth-order valence-corrected chi connectivity index (χ4v) is 4.96. The van der Waals surface area contributed by atoms with Crippen LogP contribution in [-0.2, 0) is 20.9 Å². The first-order chi connectivity index (χ1) is 13.0. The van der Waals surface area contributed by atoms with E-state index in [-0.39, 0.29) is 66.3 Å². The average Bonchev–Trinajstić information content (AvgIpc) is 3.21. The Hall–Kier alpha value is -2.50. The lowest BCUT2D eigenvalue weighted by Crippen LogP contribution is -2.44. The molecule has 3 aliphatic carbocycles. The largest absolute Gasteiger partial charge is 0.334 e. The molecule has 0 spiro atoms. The third kappa shape index (κ3) is 2.61. The van der Waals surface area contributed by atoms with E-state index in [2.05, 4.69) is 0 Å². The van der Waals surface area contributed by atoms with Crippen molar-refractivity contribution in [3.05, 3.63) is 47.8 Å². The Kier molecular flexibility index (Phi) is 3.71. The molecule has 1 saturated heterocycles. The van der Waals surface area contributed by atoms with Gasteiger partial charge in [0.05, 0.1) is 11.8 Å². The molecular formula is C21H21FN2O3. The minimum absolute atomic E-state index is 0.0715. The van der Waals surface area contributed by atoms with Gasteiger partial charge in [0.25, 0.3) is 0 Å². The van der Waals surface area contributed by atoms with Gasteiger partial charge in [-0.1, -0.05) is 30.4 Å². The normalized spacial score (nSPS) is 30.9. The second kappa shape index (κ2) is 6.01. The standard InChI is InChI=1S/C21H21FN2O3/c22-16-4-2-1-3-14(16)10-23(15-7-8-15)17(25)11-24-20(26)18-12-5-6-13(9-12)19(18)21(24)27/h1-6,12-13,15,18-19H,7-11H2. The number of hydrogen-bond donors (Lipinski definition) is 0. The van der Waals surface area contributed by atoms with E-state index in [4.69, 9.17) is 0 Å². The monoisotopic (exact) mass is 368 g/mol. The molecule has 1 heterocycles. The van der Waals surface area contributed by atoms with Crippen LogP contribution in [0.2, 0.25) is 0 Å². The maximum Gasteiger partial charge on any atom is 0.243 e. The van der Waals surface area contributed by atoms with E-state index in [1.165, 1.54) is 6.07 Å². The predicted octanol–water partition coefficient (Wildman–Crippen LogP) is 2.12. The van der Waals surface area contributed by atoms with Crippen LogP contribution in [0.25, 0.3) is 0 Å². The summed E-state index contributed by atoms with van der Waals surface area (Å²) in [5, 5.41) is 0. The number of fused-ring (bicyclic) bond motifs is 5. The predicted molar refractivity (Wildman–Crippen MR) is 94.4 cm³/mol. The molecule has 3 amide bonds. The van der Waals surface area contributed by atoms with Crippen molar-refractivity contribution in [3.8, 4) is 0 Å². The summed E-state index contributed by atoms with van der Waals surface area (Å²) in [6, 6.07) is 6.47. The zero-order chi connectivity index (χ0) is 18.7. The van der Waals surface area contributed by atoms with E-state index in [1.807, 2.05) is 12.2 Å². The maximum absolute atomic E-state index is 14.0. The molecule has 4 unspecified atom stereocenters. The fraction of sp³-hybridized carbons (Fsp3) is 0.476. The van der Waals surface area contributed by atoms with E-state index in [9.17, 15) is 18.8 Å². The SMILES string of the molecule is O=C1C2C3C=CC(C3)C2C(=O)N1CC(=O)N(Cc1ccccc1F)C1CC1. The summed E-state index contributed by atoms with van der Waals surface area (Å²) in [5.41, 5.74) is 0.455. The molecule has 5 rings (SSSR count). The van der Waals surface area contributed by atoms with Gasteiger partial charge in [-0.15, -0.1) is 0 Å². The van der Waals surface area contributed by atoms with Crippen molar-refractivity contribution in [2.45, 2.75) is 31.8 Å². The highest BCUT2D eigenvalue weighted by atomic mass is 19.1. The van der Waals surface area contributed by atoms with E-state index >= 15 is 0 Å². The molecule has 5 nitrogen and oxygen atoms in total. The van der Waals surface area contributed by atoms with Crippen LogP contribution in [0.15, 0.2) is 36.4 Å². The molecule has 0 N–H and O–H groups in total. The molecule has 4 atom stereocenters. The number of likely N-dealkylation sites (tertiary alicyclic amines) is 1. The molecular weight excluding hydrogens is 347 g/mol. The van der Waals surface area contributed by atoms with E-state index in [1.54, 1.807) is 23.1 Å². The van der Waals surface area contributed by atoms with Crippen LogP contribution in [0.1, 0.15) is 24.8 Å². The second-order valence-corrected chi connectivity index (χ2v) is 8.11. The maximum atomic E-state index is 14.0. The summed E-state index contributed by atoms with van der Waals surface area (Å²) in [6.45, 7) is -0.0544. The first-order valence-electron chi connectivity index (χ1n) is 9.61. The van der Waals surface area contributed by atoms with Crippen LogP contribution in [0, 0.1) is 29.5 Å². The molecule has 0 radical (unpaired) electrons. The van der Waals surface area contributed by atoms with Crippen molar-refractivity contribution in [2.75, 3.05) is 6.54 Å². The third-order valence-corrected chi connectivity index (χ3v) is 6.46. The van der Waals surface area contributed by atoms with Crippen molar-refractivity contribution in [2.24, 2.45) is 23.7 Å². The quantitative estimate of drug-likeness (QED) is 0.591. The summed E-state index contributed by atoms with van der Waals surface area (Å²) >= 11 is 0. The molecule has 6 heteroatoms. The van der Waals surface area contributed by atoms with E-state index in [0.29, 0.717) is 5.56 Å². The number of nitrogens with zero attached hydrogens (tertiary/aromatic N) is 2. The van der Waals surface area contributed by atoms with Crippen LogP contribution in [0.4, 0.5) is 4.39 Å². The van der Waals surface area contributed by atoms with Gasteiger partial charge >= 0.3 is 0 Å². The van der Waals surface area contributed by atoms with Crippen molar-refractivity contribution in [3.63, 3.8) is 0 Å². The second-order valence-electron chi connectivity index (χ2n) is 8.11. The van der Waals surface area contributed by atoms with Crippen molar-refractivity contribution >= 4 is 17.7 Å². The summed E-state index contributed by atoms with van der Waals surface area (Å²) in [4.78, 5) is 41.3. The Morgan fingerprint density at radius 1 is 1.07 bits per heavy atom. The molecule has 27 heavy (non-hydrogen) atoms. The first kappa shape index (κ1) is 16.7. The minimum Gasteiger partial charge on any atom is -0.334 e. The third-order valence-electron chi connectivity index (χ3n) is 6.46. The number of allylic oxidation sites excluding steroid dienone is 2. The van der Waals surface area contributed by atoms with Gasteiger partial charge in [0.2, 0.25) is 17.7 Å². The number of amides is 3. The summed E-state index contributed by atoms with van der Waals surface area (Å²) in [5.74, 6) is -1.36.